The summed E-state index contributed by atoms with van der Waals surface area (Å²) in [6, 6.07) is 1.24. The van der Waals surface area contributed by atoms with Gasteiger partial charge in [-0.05, 0) is 18.6 Å². The van der Waals surface area contributed by atoms with Gasteiger partial charge in [-0.1, -0.05) is 0 Å². The number of morpholine rings is 1. The number of carbonyl (C=O) groups is 1. The van der Waals surface area contributed by atoms with Crippen molar-refractivity contribution in [2.24, 2.45) is 0 Å². The molecule has 1 aromatic heterocycles. The van der Waals surface area contributed by atoms with Crippen LogP contribution in [0.4, 0.5) is 5.69 Å². The molecule has 0 amide bonds. The Bertz CT molecular complexity index is 395. The van der Waals surface area contributed by atoms with E-state index >= 15 is 0 Å². The van der Waals surface area contributed by atoms with Crippen molar-refractivity contribution < 1.29 is 14.6 Å². The molecule has 2 heterocycles. The fraction of sp³-hybridized carbons (Fsp3) is 0.455. The lowest BCUT2D eigenvalue weighted by Gasteiger charge is -2.35. The molecule has 1 saturated heterocycles. The zero-order valence-electron chi connectivity index (χ0n) is 9.09. The largest absolute Gasteiger partial charge is 0.480 e. The van der Waals surface area contributed by atoms with E-state index in [4.69, 9.17) is 9.84 Å². The first kappa shape index (κ1) is 10.9. The highest BCUT2D eigenvalue weighted by atomic mass is 16.5. The Labute approximate surface area is 93.7 Å². The predicted octanol–water partition coefficient (Wildman–Crippen LogP) is 0.680. The van der Waals surface area contributed by atoms with E-state index in [0.717, 1.165) is 11.3 Å². The molecule has 1 unspecified atom stereocenters. The number of aliphatic carboxylic acids is 1. The van der Waals surface area contributed by atoms with Gasteiger partial charge in [0.2, 0.25) is 0 Å². The maximum Gasteiger partial charge on any atom is 0.328 e. The van der Waals surface area contributed by atoms with Crippen LogP contribution >= 0.6 is 0 Å². The van der Waals surface area contributed by atoms with Crippen molar-refractivity contribution in [3.63, 3.8) is 0 Å². The summed E-state index contributed by atoms with van der Waals surface area (Å²) in [6.07, 6.45) is 3.42. The Kier molecular flexibility index (Phi) is 3.05. The van der Waals surface area contributed by atoms with Crippen LogP contribution in [-0.2, 0) is 9.53 Å². The smallest absolute Gasteiger partial charge is 0.328 e. The Morgan fingerprint density at radius 1 is 1.69 bits per heavy atom. The molecule has 5 nitrogen and oxygen atoms in total. The van der Waals surface area contributed by atoms with E-state index in [2.05, 4.69) is 4.98 Å². The lowest BCUT2D eigenvalue weighted by molar-refractivity contribution is -0.141. The SMILES string of the molecule is Cc1cnccc1N1CCOCC1C(=O)O. The van der Waals surface area contributed by atoms with Crippen molar-refractivity contribution in [3.8, 4) is 0 Å². The summed E-state index contributed by atoms with van der Waals surface area (Å²) in [5, 5.41) is 9.12. The molecule has 0 saturated carbocycles. The number of nitrogens with zero attached hydrogens (tertiary/aromatic N) is 2. The third-order valence-electron chi connectivity index (χ3n) is 2.71. The van der Waals surface area contributed by atoms with Crippen molar-refractivity contribution in [2.45, 2.75) is 13.0 Å². The molecule has 1 aromatic rings. The molecule has 1 aliphatic heterocycles. The maximum absolute atomic E-state index is 11.1. The molecule has 0 aromatic carbocycles. The lowest BCUT2D eigenvalue weighted by Crippen LogP contribution is -2.50. The zero-order valence-corrected chi connectivity index (χ0v) is 9.09. The lowest BCUT2D eigenvalue weighted by atomic mass is 10.1. The Hall–Kier alpha value is -1.62. The molecule has 1 N–H and O–H groups in total. The van der Waals surface area contributed by atoms with E-state index in [1.54, 1.807) is 12.4 Å². The van der Waals surface area contributed by atoms with Crippen LogP contribution in [-0.4, -0.2) is 41.9 Å². The third kappa shape index (κ3) is 1.99. The molecule has 16 heavy (non-hydrogen) atoms. The number of aryl methyl sites for hydroxylation is 1. The summed E-state index contributed by atoms with van der Waals surface area (Å²) in [5.41, 5.74) is 1.90. The minimum Gasteiger partial charge on any atom is -0.480 e. The molecular formula is C11H14N2O3. The first-order valence-electron chi connectivity index (χ1n) is 5.18. The topological polar surface area (TPSA) is 62.7 Å². The minimum atomic E-state index is -0.851. The number of ether oxygens (including phenoxy) is 1. The average molecular weight is 222 g/mol. The Morgan fingerprint density at radius 3 is 3.19 bits per heavy atom. The van der Waals surface area contributed by atoms with Crippen molar-refractivity contribution in [2.75, 3.05) is 24.7 Å². The molecule has 0 spiro atoms. The highest BCUT2D eigenvalue weighted by Gasteiger charge is 2.29. The van der Waals surface area contributed by atoms with Crippen LogP contribution in [0.25, 0.3) is 0 Å². The van der Waals surface area contributed by atoms with Gasteiger partial charge in [-0.3, -0.25) is 4.98 Å². The summed E-state index contributed by atoms with van der Waals surface area (Å²) in [5.74, 6) is -0.851. The second-order valence-electron chi connectivity index (χ2n) is 3.78. The van der Waals surface area contributed by atoms with Gasteiger partial charge in [-0.15, -0.1) is 0 Å². The average Bonchev–Trinajstić information content (AvgIpc) is 2.29. The van der Waals surface area contributed by atoms with Crippen LogP contribution in [0.3, 0.4) is 0 Å². The molecule has 5 heteroatoms. The number of carboxylic acid groups (broad SMARTS) is 1. The minimum absolute atomic E-state index is 0.233. The predicted molar refractivity (Wildman–Crippen MR) is 58.6 cm³/mol. The number of rotatable bonds is 2. The maximum atomic E-state index is 11.1. The van der Waals surface area contributed by atoms with Gasteiger partial charge in [-0.2, -0.15) is 0 Å². The second-order valence-corrected chi connectivity index (χ2v) is 3.78. The number of aromatic nitrogens is 1. The van der Waals surface area contributed by atoms with Gasteiger partial charge < -0.3 is 14.7 Å². The molecular weight excluding hydrogens is 208 g/mol. The van der Waals surface area contributed by atoms with Gasteiger partial charge in [0.15, 0.2) is 6.04 Å². The summed E-state index contributed by atoms with van der Waals surface area (Å²) >= 11 is 0. The van der Waals surface area contributed by atoms with Crippen LogP contribution in [0.2, 0.25) is 0 Å². The van der Waals surface area contributed by atoms with E-state index in [1.807, 2.05) is 17.9 Å². The summed E-state index contributed by atoms with van der Waals surface area (Å²) in [7, 11) is 0. The quantitative estimate of drug-likeness (QED) is 0.797. The molecule has 86 valence electrons. The summed E-state index contributed by atoms with van der Waals surface area (Å²) in [4.78, 5) is 17.0. The van der Waals surface area contributed by atoms with Crippen molar-refractivity contribution in [1.29, 1.82) is 0 Å². The number of carboxylic acids is 1. The van der Waals surface area contributed by atoms with Gasteiger partial charge >= 0.3 is 5.97 Å². The van der Waals surface area contributed by atoms with Crippen LogP contribution in [0.15, 0.2) is 18.5 Å². The number of pyridine rings is 1. The fourth-order valence-electron chi connectivity index (χ4n) is 1.88. The number of hydrogen-bond acceptors (Lipinski definition) is 4. The normalized spacial score (nSPS) is 20.8. The monoisotopic (exact) mass is 222 g/mol. The molecule has 1 atom stereocenters. The zero-order chi connectivity index (χ0) is 11.5. The van der Waals surface area contributed by atoms with Crippen molar-refractivity contribution in [3.05, 3.63) is 24.0 Å². The van der Waals surface area contributed by atoms with Crippen LogP contribution in [0.5, 0.6) is 0 Å². The molecule has 1 aliphatic rings. The fourth-order valence-corrected chi connectivity index (χ4v) is 1.88. The van der Waals surface area contributed by atoms with E-state index in [0.29, 0.717) is 13.2 Å². The number of hydrogen-bond donors (Lipinski definition) is 1. The highest BCUT2D eigenvalue weighted by molar-refractivity contribution is 5.79. The molecule has 0 bridgehead atoms. The first-order valence-corrected chi connectivity index (χ1v) is 5.18. The third-order valence-corrected chi connectivity index (χ3v) is 2.71. The van der Waals surface area contributed by atoms with Gasteiger partial charge in [0.25, 0.3) is 0 Å². The van der Waals surface area contributed by atoms with Crippen LogP contribution in [0.1, 0.15) is 5.56 Å². The number of anilines is 1. The Balaban J connectivity index is 2.30. The van der Waals surface area contributed by atoms with E-state index in [9.17, 15) is 4.79 Å². The van der Waals surface area contributed by atoms with Crippen molar-refractivity contribution >= 4 is 11.7 Å². The highest BCUT2D eigenvalue weighted by Crippen LogP contribution is 2.22. The van der Waals surface area contributed by atoms with Gasteiger partial charge in [-0.25, -0.2) is 4.79 Å². The molecule has 1 fully saturated rings. The van der Waals surface area contributed by atoms with Gasteiger partial charge in [0, 0.05) is 24.6 Å². The van der Waals surface area contributed by atoms with E-state index in [1.165, 1.54) is 0 Å². The van der Waals surface area contributed by atoms with Crippen LogP contribution in [0, 0.1) is 6.92 Å². The van der Waals surface area contributed by atoms with Gasteiger partial charge in [0.1, 0.15) is 0 Å². The summed E-state index contributed by atoms with van der Waals surface area (Å²) in [6.45, 7) is 3.32. The first-order chi connectivity index (χ1) is 7.70. The second kappa shape index (κ2) is 4.49. The van der Waals surface area contributed by atoms with Crippen molar-refractivity contribution in [1.82, 2.24) is 4.98 Å². The van der Waals surface area contributed by atoms with E-state index in [-0.39, 0.29) is 6.61 Å². The molecule has 0 radical (unpaired) electrons. The van der Waals surface area contributed by atoms with Gasteiger partial charge in [0.05, 0.1) is 13.2 Å². The summed E-state index contributed by atoms with van der Waals surface area (Å²) < 4.78 is 5.20. The standard InChI is InChI=1S/C11H14N2O3/c1-8-6-12-3-2-9(8)13-4-5-16-7-10(13)11(14)15/h2-3,6,10H,4-5,7H2,1H3,(H,14,15). The van der Waals surface area contributed by atoms with E-state index < -0.39 is 12.0 Å². The molecule has 0 aliphatic carbocycles. The Morgan fingerprint density at radius 2 is 2.50 bits per heavy atom. The van der Waals surface area contributed by atoms with Crippen LogP contribution < -0.4 is 4.90 Å². The molecule has 2 rings (SSSR count).